The molecule has 4 heterocycles. The number of hydrogen-bond acceptors (Lipinski definition) is 4. The van der Waals surface area contributed by atoms with E-state index in [1.165, 1.54) is 60.8 Å². The lowest BCUT2D eigenvalue weighted by Gasteiger charge is -2.34. The second-order valence-corrected chi connectivity index (χ2v) is 22.8. The first-order valence-corrected chi connectivity index (χ1v) is 29.6. The molecule has 14 aromatic rings. The van der Waals surface area contributed by atoms with Gasteiger partial charge in [0.1, 0.15) is 24.0 Å². The Bertz CT molecular complexity index is 4630. The Hall–Kier alpha value is -10.9. The largest absolute Gasteiger partial charge is 0.457 e. The number of hydrogen-bond donors (Lipinski definition) is 0. The fourth-order valence-electron chi connectivity index (χ4n) is 13.7. The molecule has 16 rings (SSSR count). The van der Waals surface area contributed by atoms with E-state index in [1.54, 1.807) is 0 Å². The van der Waals surface area contributed by atoms with Gasteiger partial charge in [-0.1, -0.05) is 217 Å². The summed E-state index contributed by atoms with van der Waals surface area (Å²) in [5.41, 5.74) is 27.0. The van der Waals surface area contributed by atoms with E-state index >= 15 is 0 Å². The third-order valence-electron chi connectivity index (χ3n) is 17.6. The van der Waals surface area contributed by atoms with Crippen LogP contribution in [0.3, 0.4) is 0 Å². The molecule has 5 nitrogen and oxygen atoms in total. The Kier molecular flexibility index (Phi) is 12.4. The number of fused-ring (bicyclic) bond motifs is 5. The van der Waals surface area contributed by atoms with Gasteiger partial charge in [0.25, 0.3) is 0 Å². The molecule has 406 valence electrons. The quantitative estimate of drug-likeness (QED) is 0.121. The van der Waals surface area contributed by atoms with Crippen LogP contribution in [0.5, 0.6) is 11.5 Å². The highest BCUT2D eigenvalue weighted by Gasteiger charge is 2.43. The normalized spacial score (nSPS) is 12.4. The number of rotatable bonds is 11. The monoisotopic (exact) mass is 1100 g/mol. The van der Waals surface area contributed by atoms with E-state index in [9.17, 15) is 0 Å². The summed E-state index contributed by atoms with van der Waals surface area (Å²) in [6.07, 6.45) is 1.86. The lowest BCUT2D eigenvalue weighted by molar-refractivity contribution is 0.483. The molecule has 0 fully saturated rings. The maximum absolute atomic E-state index is 7.11. The Balaban J connectivity index is 0.915. The third kappa shape index (κ3) is 8.76. The van der Waals surface area contributed by atoms with Crippen molar-refractivity contribution < 1.29 is 4.74 Å². The van der Waals surface area contributed by atoms with Crippen LogP contribution >= 0.6 is 0 Å². The van der Waals surface area contributed by atoms with Crippen LogP contribution in [0.25, 0.3) is 94.4 Å². The van der Waals surface area contributed by atoms with Crippen molar-refractivity contribution in [1.82, 2.24) is 9.55 Å². The van der Waals surface area contributed by atoms with Crippen molar-refractivity contribution in [2.24, 2.45) is 0 Å². The number of para-hydroxylation sites is 3. The van der Waals surface area contributed by atoms with Crippen LogP contribution in [0.15, 0.2) is 297 Å². The lowest BCUT2D eigenvalue weighted by atomic mass is 9.34. The van der Waals surface area contributed by atoms with Crippen molar-refractivity contribution in [3.05, 3.63) is 309 Å². The van der Waals surface area contributed by atoms with Gasteiger partial charge in [-0.15, -0.1) is 0 Å². The van der Waals surface area contributed by atoms with Crippen molar-refractivity contribution >= 4 is 67.7 Å². The summed E-state index contributed by atoms with van der Waals surface area (Å²) in [5.74, 6) is 2.38. The first kappa shape index (κ1) is 50.8. The van der Waals surface area contributed by atoms with E-state index in [2.05, 4.69) is 307 Å². The summed E-state index contributed by atoms with van der Waals surface area (Å²) >= 11 is 0. The molecule has 2 aliphatic rings. The minimum absolute atomic E-state index is 0.0430. The Labute approximate surface area is 502 Å². The van der Waals surface area contributed by atoms with Gasteiger partial charge in [0.2, 0.25) is 6.71 Å². The van der Waals surface area contributed by atoms with Crippen LogP contribution in [-0.2, 0) is 0 Å². The Morgan fingerprint density at radius 1 is 0.349 bits per heavy atom. The van der Waals surface area contributed by atoms with Crippen molar-refractivity contribution in [1.29, 1.82) is 0 Å². The van der Waals surface area contributed by atoms with Gasteiger partial charge >= 0.3 is 0 Å². The van der Waals surface area contributed by atoms with Gasteiger partial charge in [-0.3, -0.25) is 4.57 Å². The molecule has 0 saturated heterocycles. The van der Waals surface area contributed by atoms with Crippen molar-refractivity contribution in [3.8, 4) is 84.1 Å². The van der Waals surface area contributed by atoms with Crippen LogP contribution in [0.1, 0.15) is 11.1 Å². The van der Waals surface area contributed by atoms with Gasteiger partial charge in [0, 0.05) is 45.9 Å². The topological polar surface area (TPSA) is 33.5 Å². The minimum atomic E-state index is -0.0430. The molecule has 0 unspecified atom stereocenters. The average Bonchev–Trinajstić information content (AvgIpc) is 1.96. The number of anilines is 4. The highest BCUT2D eigenvalue weighted by molar-refractivity contribution is 6.98. The fourth-order valence-corrected chi connectivity index (χ4v) is 13.7. The van der Waals surface area contributed by atoms with Gasteiger partial charge in [-0.05, 0) is 159 Å². The number of ether oxygens (including phenoxy) is 1. The van der Waals surface area contributed by atoms with E-state index in [-0.39, 0.29) is 6.71 Å². The molecule has 0 spiro atoms. The van der Waals surface area contributed by atoms with Crippen LogP contribution in [-0.4, -0.2) is 22.9 Å². The van der Waals surface area contributed by atoms with Crippen molar-refractivity contribution in [2.45, 2.75) is 13.8 Å². The Morgan fingerprint density at radius 3 is 1.42 bits per heavy atom. The molecule has 0 bridgehead atoms. The second kappa shape index (κ2) is 21.0. The lowest BCUT2D eigenvalue weighted by Crippen LogP contribution is -2.58. The molecular weight excluding hydrogens is 1040 g/mol. The standard InChI is InChI=1S/C80H57BN4O/c1-53-22-19-23-54(2)78(53)81-71-42-40-66(86-65-39-41-70-69-32-15-16-36-73(69)85(75(70)50-65)77-38-17-18-43-82-77)51-76(71)84-52-83(74-37-21-35-72(81)80(74)84)79-67(63-46-59(55-24-7-3-8-25-55)44-60(47-63)56-26-9-4-10-27-56)33-20-34-68(79)64-48-61(57-28-11-5-12-29-57)45-62(49-64)58-30-13-6-14-31-58/h3-51H,52H2,1-2H3. The maximum atomic E-state index is 7.11. The smallest absolute Gasteiger partial charge is 0.247 e. The molecule has 2 aliphatic heterocycles. The molecule has 6 heteroatoms. The number of aromatic nitrogens is 2. The van der Waals surface area contributed by atoms with Gasteiger partial charge < -0.3 is 14.5 Å². The van der Waals surface area contributed by atoms with Crippen LogP contribution in [0, 0.1) is 13.8 Å². The van der Waals surface area contributed by atoms with Crippen LogP contribution in [0.4, 0.5) is 22.7 Å². The molecule has 0 amide bonds. The zero-order valence-electron chi connectivity index (χ0n) is 47.8. The maximum Gasteiger partial charge on any atom is 0.247 e. The van der Waals surface area contributed by atoms with Gasteiger partial charge in [0.15, 0.2) is 0 Å². The summed E-state index contributed by atoms with van der Waals surface area (Å²) in [4.78, 5) is 9.98. The average molecular weight is 1100 g/mol. The molecule has 0 N–H and O–H groups in total. The number of aryl methyl sites for hydroxylation is 2. The van der Waals surface area contributed by atoms with Gasteiger partial charge in [-0.25, -0.2) is 4.98 Å². The van der Waals surface area contributed by atoms with E-state index in [1.807, 2.05) is 18.3 Å². The van der Waals surface area contributed by atoms with E-state index < -0.39 is 0 Å². The van der Waals surface area contributed by atoms with Gasteiger partial charge in [0.05, 0.1) is 28.1 Å². The van der Waals surface area contributed by atoms with Crippen molar-refractivity contribution in [3.63, 3.8) is 0 Å². The summed E-state index contributed by atoms with van der Waals surface area (Å²) in [6, 6.07) is 106. The predicted octanol–water partition coefficient (Wildman–Crippen LogP) is 18.7. The summed E-state index contributed by atoms with van der Waals surface area (Å²) in [7, 11) is 0. The SMILES string of the molecule is Cc1cccc(C)c1B1c2ccc(Oc3ccc4c5ccccc5n(-c5ccccn5)c4c3)cc2N2CN(c3c(-c4cc(-c5ccccc5)cc(-c5ccccc5)c4)cccc3-c3cc(-c4ccccc4)cc(-c4ccccc4)c3)c3cccc1c32. The van der Waals surface area contributed by atoms with E-state index in [4.69, 9.17) is 9.72 Å². The summed E-state index contributed by atoms with van der Waals surface area (Å²) in [5, 5.41) is 2.32. The number of pyridine rings is 1. The first-order chi connectivity index (χ1) is 42.5. The molecule has 12 aromatic carbocycles. The fraction of sp³-hybridized carbons (Fsp3) is 0.0375. The van der Waals surface area contributed by atoms with E-state index in [0.29, 0.717) is 6.67 Å². The highest BCUT2D eigenvalue weighted by Crippen LogP contribution is 2.52. The summed E-state index contributed by atoms with van der Waals surface area (Å²) < 4.78 is 9.35. The molecule has 0 atom stereocenters. The number of benzene rings is 12. The molecule has 2 aromatic heterocycles. The minimum Gasteiger partial charge on any atom is -0.457 e. The molecular formula is C80H57BN4O. The predicted molar refractivity (Wildman–Crippen MR) is 360 cm³/mol. The molecule has 0 radical (unpaired) electrons. The van der Waals surface area contributed by atoms with E-state index in [0.717, 1.165) is 95.3 Å². The molecule has 86 heavy (non-hydrogen) atoms. The zero-order valence-corrected chi connectivity index (χ0v) is 47.8. The zero-order chi connectivity index (χ0) is 57.2. The second-order valence-electron chi connectivity index (χ2n) is 22.8. The van der Waals surface area contributed by atoms with Crippen LogP contribution in [0.2, 0.25) is 0 Å². The van der Waals surface area contributed by atoms with Crippen LogP contribution < -0.4 is 30.9 Å². The molecule has 0 saturated carbocycles. The third-order valence-corrected chi connectivity index (χ3v) is 17.6. The summed E-state index contributed by atoms with van der Waals surface area (Å²) in [6.45, 7) is 5.05. The first-order valence-electron chi connectivity index (χ1n) is 29.6. The molecule has 0 aliphatic carbocycles. The van der Waals surface area contributed by atoms with Gasteiger partial charge in [-0.2, -0.15) is 0 Å². The Morgan fingerprint density at radius 2 is 0.837 bits per heavy atom. The number of nitrogens with zero attached hydrogens (tertiary/aromatic N) is 4. The highest BCUT2D eigenvalue weighted by atomic mass is 16.5. The van der Waals surface area contributed by atoms with Crippen molar-refractivity contribution in [2.75, 3.05) is 16.5 Å².